The van der Waals surface area contributed by atoms with Crippen molar-refractivity contribution in [2.75, 3.05) is 0 Å². The molecule has 2 spiro atoms. The zero-order chi connectivity index (χ0) is 46.4. The predicted octanol–water partition coefficient (Wildman–Crippen LogP) is 15.7. The highest BCUT2D eigenvalue weighted by atomic mass is 14.9. The molecular weight excluding hydrogens is 847 g/mol. The van der Waals surface area contributed by atoms with Crippen LogP contribution in [0.25, 0.3) is 78.4 Å². The van der Waals surface area contributed by atoms with Crippen molar-refractivity contribution in [3.63, 3.8) is 0 Å². The molecule has 0 aliphatic heterocycles. The van der Waals surface area contributed by atoms with Gasteiger partial charge in [-0.3, -0.25) is 0 Å². The smallest absolute Gasteiger partial charge is 0.161 e. The Morgan fingerprint density at radius 3 is 1.26 bits per heavy atom. The van der Waals surface area contributed by atoms with E-state index in [0.717, 1.165) is 50.3 Å². The molecule has 0 saturated carbocycles. The van der Waals surface area contributed by atoms with E-state index in [4.69, 9.17) is 9.97 Å². The van der Waals surface area contributed by atoms with Gasteiger partial charge < -0.3 is 0 Å². The maximum absolute atomic E-state index is 9.71. The lowest BCUT2D eigenvalue weighted by Crippen LogP contribution is -2.43. The van der Waals surface area contributed by atoms with E-state index in [-0.39, 0.29) is 0 Å². The third-order valence-electron chi connectivity index (χ3n) is 15.2. The molecule has 0 unspecified atom stereocenters. The number of hydrogen-bond donors (Lipinski definition) is 0. The van der Waals surface area contributed by atoms with Gasteiger partial charge in [0.2, 0.25) is 0 Å². The van der Waals surface area contributed by atoms with Crippen molar-refractivity contribution in [3.05, 3.63) is 299 Å². The summed E-state index contributed by atoms with van der Waals surface area (Å²) in [5, 5.41) is 9.71. The summed E-state index contributed by atoms with van der Waals surface area (Å²) in [6, 6.07) is 92.4. The third kappa shape index (κ3) is 5.56. The van der Waals surface area contributed by atoms with Gasteiger partial charge in [-0.15, -0.1) is 0 Å². The minimum absolute atomic E-state index is 0.568. The Balaban J connectivity index is 1.03. The van der Waals surface area contributed by atoms with E-state index >= 15 is 0 Å². The summed E-state index contributed by atoms with van der Waals surface area (Å²) in [5.74, 6) is 0.647. The van der Waals surface area contributed by atoms with Crippen LogP contribution >= 0.6 is 0 Å². The second-order valence-electron chi connectivity index (χ2n) is 18.6. The molecule has 1 heterocycles. The maximum Gasteiger partial charge on any atom is 0.161 e. The monoisotopic (exact) mass is 887 g/mol. The maximum atomic E-state index is 9.71. The lowest BCUT2D eigenvalue weighted by molar-refractivity contribution is 0.633. The third-order valence-corrected chi connectivity index (χ3v) is 15.2. The molecule has 0 radical (unpaired) electrons. The fraction of sp³-hybridized carbons (Fsp3) is 0.0299. The average molecular weight is 888 g/mol. The van der Waals surface area contributed by atoms with Gasteiger partial charge in [0.1, 0.15) is 0 Å². The number of aromatic nitrogens is 2. The molecule has 11 aromatic rings. The van der Waals surface area contributed by atoms with Crippen molar-refractivity contribution < 1.29 is 0 Å². The first-order valence-corrected chi connectivity index (χ1v) is 24.0. The van der Waals surface area contributed by atoms with E-state index in [1.807, 2.05) is 30.3 Å². The summed E-state index contributed by atoms with van der Waals surface area (Å²) in [5.41, 5.74) is 23.7. The molecular formula is C67H41N3. The Kier molecular flexibility index (Phi) is 8.78. The summed E-state index contributed by atoms with van der Waals surface area (Å²) in [6.45, 7) is 0. The predicted molar refractivity (Wildman–Crippen MR) is 282 cm³/mol. The SMILES string of the molecule is N#Cc1cccc(-c2cccc(-c3cc(-c4ccccc4)nc(-c4ccccc4-c4ccc5c(c4)C4(c6ccccc6-c6ccccc64)c4ccccc4C54c5ccccc5-c5ccccc54)n3)c2)c1. The van der Waals surface area contributed by atoms with Crippen LogP contribution in [-0.2, 0) is 10.8 Å². The Morgan fingerprint density at radius 1 is 0.271 bits per heavy atom. The number of rotatable bonds is 5. The Bertz CT molecular complexity index is 3900. The van der Waals surface area contributed by atoms with E-state index in [9.17, 15) is 5.26 Å². The Morgan fingerprint density at radius 2 is 0.686 bits per heavy atom. The van der Waals surface area contributed by atoms with E-state index in [2.05, 4.69) is 224 Å². The number of benzene rings is 10. The first kappa shape index (κ1) is 39.9. The highest BCUT2D eigenvalue weighted by Gasteiger charge is 2.59. The molecule has 0 atom stereocenters. The van der Waals surface area contributed by atoms with E-state index in [0.29, 0.717) is 11.4 Å². The Labute approximate surface area is 407 Å². The highest BCUT2D eigenvalue weighted by Crippen LogP contribution is 2.67. The van der Waals surface area contributed by atoms with E-state index in [1.165, 1.54) is 66.8 Å². The van der Waals surface area contributed by atoms with Gasteiger partial charge in [0.25, 0.3) is 0 Å². The number of fused-ring (bicyclic) bond motifs is 16. The largest absolute Gasteiger partial charge is 0.228 e. The van der Waals surface area contributed by atoms with Gasteiger partial charge in [-0.25, -0.2) is 9.97 Å². The van der Waals surface area contributed by atoms with Crippen molar-refractivity contribution in [2.24, 2.45) is 0 Å². The second-order valence-corrected chi connectivity index (χ2v) is 18.6. The molecule has 0 bridgehead atoms. The van der Waals surface area contributed by atoms with E-state index < -0.39 is 10.8 Å². The molecule has 3 nitrogen and oxygen atoms in total. The molecule has 1 aromatic heterocycles. The van der Waals surface area contributed by atoms with Crippen LogP contribution in [0, 0.1) is 11.3 Å². The molecule has 14 rings (SSSR count). The van der Waals surface area contributed by atoms with Crippen molar-refractivity contribution in [1.29, 1.82) is 5.26 Å². The van der Waals surface area contributed by atoms with Crippen LogP contribution < -0.4 is 0 Å². The van der Waals surface area contributed by atoms with Gasteiger partial charge in [-0.05, 0) is 119 Å². The van der Waals surface area contributed by atoms with Gasteiger partial charge in [-0.2, -0.15) is 5.26 Å². The molecule has 3 heteroatoms. The quantitative estimate of drug-likeness (QED) is 0.173. The van der Waals surface area contributed by atoms with Crippen molar-refractivity contribution in [3.8, 4) is 84.5 Å². The summed E-state index contributed by atoms with van der Waals surface area (Å²) >= 11 is 0. The zero-order valence-corrected chi connectivity index (χ0v) is 38.0. The van der Waals surface area contributed by atoms with Crippen molar-refractivity contribution in [2.45, 2.75) is 10.8 Å². The van der Waals surface area contributed by atoms with Gasteiger partial charge in [0, 0.05) is 16.7 Å². The fourth-order valence-corrected chi connectivity index (χ4v) is 12.4. The number of hydrogen-bond acceptors (Lipinski definition) is 3. The summed E-state index contributed by atoms with van der Waals surface area (Å²) in [4.78, 5) is 10.8. The van der Waals surface area contributed by atoms with Gasteiger partial charge in [-0.1, -0.05) is 218 Å². The van der Waals surface area contributed by atoms with Gasteiger partial charge in [0.05, 0.1) is 33.9 Å². The summed E-state index contributed by atoms with van der Waals surface area (Å²) in [6.07, 6.45) is 0. The minimum Gasteiger partial charge on any atom is -0.228 e. The zero-order valence-electron chi connectivity index (χ0n) is 38.0. The van der Waals surface area contributed by atoms with Crippen LogP contribution in [0.5, 0.6) is 0 Å². The lowest BCUT2D eigenvalue weighted by atomic mass is 9.52. The fourth-order valence-electron chi connectivity index (χ4n) is 12.4. The first-order chi connectivity index (χ1) is 34.7. The molecule has 0 saturated heterocycles. The topological polar surface area (TPSA) is 49.6 Å². The summed E-state index contributed by atoms with van der Waals surface area (Å²) < 4.78 is 0. The first-order valence-electron chi connectivity index (χ1n) is 24.0. The van der Waals surface area contributed by atoms with Crippen LogP contribution in [0.4, 0.5) is 0 Å². The number of nitriles is 1. The van der Waals surface area contributed by atoms with Crippen LogP contribution in [0.2, 0.25) is 0 Å². The highest BCUT2D eigenvalue weighted by molar-refractivity contribution is 5.95. The molecule has 0 amide bonds. The molecule has 10 aromatic carbocycles. The molecule has 0 fully saturated rings. The molecule has 3 aliphatic carbocycles. The summed E-state index contributed by atoms with van der Waals surface area (Å²) in [7, 11) is 0. The van der Waals surface area contributed by atoms with Crippen LogP contribution in [-0.4, -0.2) is 9.97 Å². The van der Waals surface area contributed by atoms with Crippen LogP contribution in [0.15, 0.2) is 249 Å². The standard InChI is InChI=1S/C67H41N3/c68-42-43-18-16-21-45(38-43)46-22-17-23-48(39-46)64-41-63(44-19-2-1-3-20-44)69-65(70-64)54-29-5-4-24-49(54)47-36-37-61-62(40-47)67(57-32-12-8-27-52(57)53-28-9-13-33-58(53)67)60-35-15-14-34-59(60)66(61)55-30-10-6-25-50(55)51-26-7-11-31-56(51)66/h1-41H. The van der Waals surface area contributed by atoms with Gasteiger partial charge >= 0.3 is 0 Å². The van der Waals surface area contributed by atoms with Gasteiger partial charge in [0.15, 0.2) is 5.82 Å². The van der Waals surface area contributed by atoms with E-state index in [1.54, 1.807) is 0 Å². The van der Waals surface area contributed by atoms with Crippen molar-refractivity contribution in [1.82, 2.24) is 9.97 Å². The molecule has 0 N–H and O–H groups in total. The lowest BCUT2D eigenvalue weighted by Gasteiger charge is -2.49. The second kappa shape index (κ2) is 15.4. The number of nitrogens with zero attached hydrogens (tertiary/aromatic N) is 3. The molecule has 3 aliphatic rings. The molecule has 70 heavy (non-hydrogen) atoms. The van der Waals surface area contributed by atoms with Crippen molar-refractivity contribution >= 4 is 0 Å². The minimum atomic E-state index is -0.615. The normalized spacial score (nSPS) is 13.6. The van der Waals surface area contributed by atoms with Crippen LogP contribution in [0.3, 0.4) is 0 Å². The molecule has 324 valence electrons. The average Bonchev–Trinajstić information content (AvgIpc) is 3.91. The Hall–Kier alpha value is -9.23. The van der Waals surface area contributed by atoms with Crippen LogP contribution in [0.1, 0.15) is 50.1 Å².